The number of rotatable bonds is 6. The molecule has 0 atom stereocenters. The average molecular weight is 469 g/mol. The number of para-hydroxylation sites is 2. The monoisotopic (exact) mass is 468 g/mol. The van der Waals surface area contributed by atoms with Crippen LogP contribution < -0.4 is 10.1 Å². The van der Waals surface area contributed by atoms with Crippen LogP contribution in [0.4, 0.5) is 11.6 Å². The van der Waals surface area contributed by atoms with Crippen LogP contribution in [-0.4, -0.2) is 23.0 Å². The fraction of sp³-hybridized carbons (Fsp3) is 0.0769. The van der Waals surface area contributed by atoms with Crippen molar-refractivity contribution < 1.29 is 9.53 Å². The summed E-state index contributed by atoms with van der Waals surface area (Å²) in [5, 5.41) is 6.85. The van der Waals surface area contributed by atoms with Gasteiger partial charge in [0.2, 0.25) is 0 Å². The minimum atomic E-state index is -0.380. The molecule has 0 radical (unpaired) electrons. The Morgan fingerprint density at radius 1 is 1.00 bits per heavy atom. The van der Waals surface area contributed by atoms with E-state index in [0.29, 0.717) is 33.3 Å². The fourth-order valence-electron chi connectivity index (χ4n) is 3.97. The van der Waals surface area contributed by atoms with Crippen molar-refractivity contribution in [3.05, 3.63) is 88.8 Å². The topological polar surface area (TPSA) is 96.4 Å². The molecule has 0 aliphatic heterocycles. The van der Waals surface area contributed by atoms with Crippen molar-refractivity contribution in [1.29, 1.82) is 0 Å². The molecule has 5 rings (SSSR count). The lowest BCUT2D eigenvalue weighted by atomic mass is 9.98. The van der Waals surface area contributed by atoms with E-state index >= 15 is 0 Å². The van der Waals surface area contributed by atoms with Gasteiger partial charge < -0.3 is 15.0 Å². The molecule has 2 heterocycles. The van der Waals surface area contributed by atoms with Crippen molar-refractivity contribution in [1.82, 2.24) is 9.97 Å². The van der Waals surface area contributed by atoms with Crippen molar-refractivity contribution >= 4 is 39.1 Å². The summed E-state index contributed by atoms with van der Waals surface area (Å²) < 4.78 is 6.34. The molecule has 2 aromatic heterocycles. The number of nitrogens with one attached hydrogen (secondary N) is 2. The van der Waals surface area contributed by atoms with E-state index < -0.39 is 0 Å². The smallest absolute Gasteiger partial charge is 0.260 e. The summed E-state index contributed by atoms with van der Waals surface area (Å²) in [6.45, 7) is 1.96. The zero-order valence-corrected chi connectivity index (χ0v) is 19.3. The number of methoxy groups -OCH3 is 1. The average Bonchev–Trinajstić information content (AvgIpc) is 3.45. The SMILES string of the molecule is COc1ccccc1C(=O)Nc1[nH]c(N=O)c(-c2ccccc2C)c1-c1nc2ccccc2s1. The summed E-state index contributed by atoms with van der Waals surface area (Å²) in [4.78, 5) is 33.0. The van der Waals surface area contributed by atoms with Gasteiger partial charge in [-0.1, -0.05) is 48.5 Å². The summed E-state index contributed by atoms with van der Waals surface area (Å²) >= 11 is 1.48. The van der Waals surface area contributed by atoms with Crippen molar-refractivity contribution in [2.24, 2.45) is 5.18 Å². The van der Waals surface area contributed by atoms with Crippen LogP contribution in [0.15, 0.2) is 78.0 Å². The van der Waals surface area contributed by atoms with E-state index in [1.807, 2.05) is 55.5 Å². The van der Waals surface area contributed by atoms with E-state index in [2.05, 4.69) is 15.5 Å². The number of carbonyl (C=O) groups is 1. The highest BCUT2D eigenvalue weighted by Crippen LogP contribution is 2.47. The van der Waals surface area contributed by atoms with E-state index in [1.54, 1.807) is 24.3 Å². The first kappa shape index (κ1) is 21.5. The van der Waals surface area contributed by atoms with Gasteiger partial charge in [-0.25, -0.2) is 4.98 Å². The number of aryl methyl sites for hydroxylation is 1. The third-order valence-corrected chi connectivity index (χ3v) is 6.64. The Morgan fingerprint density at radius 2 is 1.74 bits per heavy atom. The molecule has 2 N–H and O–H groups in total. The molecule has 0 saturated heterocycles. The Labute approximate surface area is 199 Å². The van der Waals surface area contributed by atoms with E-state index in [1.165, 1.54) is 18.4 Å². The van der Waals surface area contributed by atoms with Gasteiger partial charge in [0.1, 0.15) is 16.6 Å². The second-order valence-corrected chi connectivity index (χ2v) is 8.68. The minimum absolute atomic E-state index is 0.124. The van der Waals surface area contributed by atoms with Gasteiger partial charge in [-0.15, -0.1) is 16.2 Å². The van der Waals surface area contributed by atoms with Crippen LogP contribution in [0, 0.1) is 11.8 Å². The lowest BCUT2D eigenvalue weighted by molar-refractivity contribution is 0.102. The van der Waals surface area contributed by atoms with E-state index in [0.717, 1.165) is 21.3 Å². The number of amides is 1. The number of ether oxygens (including phenoxy) is 1. The standard InChI is InChI=1S/C26H20N4O3S/c1-15-9-3-4-10-16(15)21-22(26-27-18-12-6-8-14-20(18)34-26)23(28-24(21)30-32)29-25(31)17-11-5-7-13-19(17)33-2/h3-14,28H,1-2H3,(H,29,31). The van der Waals surface area contributed by atoms with Crippen molar-refractivity contribution in [3.8, 4) is 27.4 Å². The van der Waals surface area contributed by atoms with Gasteiger partial charge in [0.25, 0.3) is 5.91 Å². The molecule has 3 aromatic carbocycles. The van der Waals surface area contributed by atoms with Crippen LogP contribution in [0.5, 0.6) is 5.75 Å². The summed E-state index contributed by atoms with van der Waals surface area (Å²) in [5.41, 5.74) is 4.22. The zero-order chi connectivity index (χ0) is 23.7. The molecule has 8 heteroatoms. The quantitative estimate of drug-likeness (QED) is 0.264. The Balaban J connectivity index is 1.72. The summed E-state index contributed by atoms with van der Waals surface area (Å²) in [6, 6.07) is 22.5. The Bertz CT molecular complexity index is 1500. The lowest BCUT2D eigenvalue weighted by Crippen LogP contribution is -2.14. The first-order chi connectivity index (χ1) is 16.6. The number of H-pyrrole nitrogens is 1. The first-order valence-corrected chi connectivity index (χ1v) is 11.4. The summed E-state index contributed by atoms with van der Waals surface area (Å²) in [6.07, 6.45) is 0. The van der Waals surface area contributed by atoms with Gasteiger partial charge in [-0.3, -0.25) is 4.79 Å². The molecule has 0 fully saturated rings. The molecule has 0 aliphatic rings. The molecule has 0 aliphatic carbocycles. The van der Waals surface area contributed by atoms with Crippen LogP contribution in [-0.2, 0) is 0 Å². The number of thiazole rings is 1. The molecule has 168 valence electrons. The third kappa shape index (κ3) is 3.74. The van der Waals surface area contributed by atoms with Gasteiger partial charge in [0.15, 0.2) is 5.82 Å². The van der Waals surface area contributed by atoms with E-state index in [-0.39, 0.29) is 11.7 Å². The number of carbonyl (C=O) groups excluding carboxylic acids is 1. The largest absolute Gasteiger partial charge is 0.496 e. The highest BCUT2D eigenvalue weighted by Gasteiger charge is 2.26. The van der Waals surface area contributed by atoms with E-state index in [4.69, 9.17) is 9.72 Å². The van der Waals surface area contributed by atoms with Gasteiger partial charge in [-0.05, 0) is 47.5 Å². The number of fused-ring (bicyclic) bond motifs is 1. The first-order valence-electron chi connectivity index (χ1n) is 10.6. The molecule has 5 aromatic rings. The Morgan fingerprint density at radius 3 is 2.50 bits per heavy atom. The number of hydrogen-bond acceptors (Lipinski definition) is 6. The van der Waals surface area contributed by atoms with Crippen molar-refractivity contribution in [2.75, 3.05) is 12.4 Å². The highest BCUT2D eigenvalue weighted by molar-refractivity contribution is 7.21. The minimum Gasteiger partial charge on any atom is -0.496 e. The maximum absolute atomic E-state index is 13.2. The number of hydrogen-bond donors (Lipinski definition) is 2. The van der Waals surface area contributed by atoms with Gasteiger partial charge in [0.05, 0.1) is 28.5 Å². The summed E-state index contributed by atoms with van der Waals surface area (Å²) in [5.74, 6) is 0.539. The lowest BCUT2D eigenvalue weighted by Gasteiger charge is -2.10. The fourth-order valence-corrected chi connectivity index (χ4v) is 4.99. The second kappa shape index (κ2) is 8.92. The number of anilines is 1. The maximum atomic E-state index is 13.2. The molecule has 0 saturated carbocycles. The van der Waals surface area contributed by atoms with Gasteiger partial charge in [0, 0.05) is 5.56 Å². The summed E-state index contributed by atoms with van der Waals surface area (Å²) in [7, 11) is 1.51. The van der Waals surface area contributed by atoms with Crippen LogP contribution in [0.3, 0.4) is 0 Å². The van der Waals surface area contributed by atoms with E-state index in [9.17, 15) is 9.70 Å². The molecule has 0 unspecified atom stereocenters. The molecule has 0 spiro atoms. The number of aromatic amines is 1. The molecule has 34 heavy (non-hydrogen) atoms. The third-order valence-electron chi connectivity index (χ3n) is 5.58. The van der Waals surface area contributed by atoms with Gasteiger partial charge >= 0.3 is 0 Å². The molecule has 0 bridgehead atoms. The number of nitroso groups, excluding NO2 is 1. The molecule has 1 amide bonds. The highest BCUT2D eigenvalue weighted by atomic mass is 32.1. The predicted octanol–water partition coefficient (Wildman–Crippen LogP) is 6.93. The molecular formula is C26H20N4O3S. The van der Waals surface area contributed by atoms with Crippen LogP contribution in [0.1, 0.15) is 15.9 Å². The van der Waals surface area contributed by atoms with Crippen LogP contribution >= 0.6 is 11.3 Å². The van der Waals surface area contributed by atoms with Crippen LogP contribution in [0.25, 0.3) is 31.9 Å². The molecular weight excluding hydrogens is 448 g/mol. The van der Waals surface area contributed by atoms with Crippen molar-refractivity contribution in [2.45, 2.75) is 6.92 Å². The number of aromatic nitrogens is 2. The Kier molecular flexibility index (Phi) is 5.65. The van der Waals surface area contributed by atoms with Crippen molar-refractivity contribution in [3.63, 3.8) is 0 Å². The second-order valence-electron chi connectivity index (χ2n) is 7.65. The predicted molar refractivity (Wildman–Crippen MR) is 136 cm³/mol. The maximum Gasteiger partial charge on any atom is 0.260 e. The Hall–Kier alpha value is -4.30. The van der Waals surface area contributed by atoms with Gasteiger partial charge in [-0.2, -0.15) is 0 Å². The number of benzene rings is 3. The number of nitrogens with zero attached hydrogens (tertiary/aromatic N) is 2. The molecule has 7 nitrogen and oxygen atoms in total. The van der Waals surface area contributed by atoms with Crippen LogP contribution in [0.2, 0.25) is 0 Å². The normalized spacial score (nSPS) is 10.9. The zero-order valence-electron chi connectivity index (χ0n) is 18.5.